The summed E-state index contributed by atoms with van der Waals surface area (Å²) in [4.78, 5) is 11.7. The number of para-hydroxylation sites is 1. The van der Waals surface area contributed by atoms with E-state index in [0.29, 0.717) is 17.3 Å². The van der Waals surface area contributed by atoms with E-state index in [1.165, 1.54) is 0 Å². The first-order valence-corrected chi connectivity index (χ1v) is 6.33. The molecule has 0 radical (unpaired) electrons. The zero-order valence-corrected chi connectivity index (χ0v) is 11.4. The standard InChI is InChI=1S/C14H18ClNO2/c1-3-4-7-10-16-14(17)11(2)18-13-9-6-5-8-12(13)15/h3-6,8-9,11H,7,10H2,1-2H3,(H,16,17)/b4-3+. The number of allylic oxidation sites excluding steroid dienone is 1. The van der Waals surface area contributed by atoms with Crippen molar-refractivity contribution in [2.45, 2.75) is 26.4 Å². The molecule has 0 aliphatic heterocycles. The second-order valence-corrected chi connectivity index (χ2v) is 4.25. The van der Waals surface area contributed by atoms with E-state index < -0.39 is 6.10 Å². The van der Waals surface area contributed by atoms with Gasteiger partial charge >= 0.3 is 0 Å². The maximum absolute atomic E-state index is 11.7. The number of nitrogens with one attached hydrogen (secondary N) is 1. The lowest BCUT2D eigenvalue weighted by Crippen LogP contribution is -2.36. The molecular formula is C14H18ClNO2. The van der Waals surface area contributed by atoms with Gasteiger partial charge in [0.25, 0.3) is 5.91 Å². The highest BCUT2D eigenvalue weighted by Crippen LogP contribution is 2.24. The topological polar surface area (TPSA) is 38.3 Å². The van der Waals surface area contributed by atoms with E-state index in [4.69, 9.17) is 16.3 Å². The number of halogens is 1. The molecule has 4 heteroatoms. The highest BCUT2D eigenvalue weighted by atomic mass is 35.5. The van der Waals surface area contributed by atoms with Crippen LogP contribution in [0.15, 0.2) is 36.4 Å². The molecule has 0 bridgehead atoms. The fourth-order valence-corrected chi connectivity index (χ4v) is 1.55. The quantitative estimate of drug-likeness (QED) is 0.635. The van der Waals surface area contributed by atoms with Crippen LogP contribution in [0.3, 0.4) is 0 Å². The van der Waals surface area contributed by atoms with Crippen LogP contribution in [0.25, 0.3) is 0 Å². The number of carbonyl (C=O) groups excluding carboxylic acids is 1. The Labute approximate surface area is 113 Å². The van der Waals surface area contributed by atoms with E-state index >= 15 is 0 Å². The summed E-state index contributed by atoms with van der Waals surface area (Å²) in [5.74, 6) is 0.384. The molecule has 0 aliphatic carbocycles. The van der Waals surface area contributed by atoms with E-state index in [1.54, 1.807) is 19.1 Å². The lowest BCUT2D eigenvalue weighted by molar-refractivity contribution is -0.127. The number of hydrogen-bond acceptors (Lipinski definition) is 2. The number of benzene rings is 1. The van der Waals surface area contributed by atoms with Gasteiger partial charge in [0.05, 0.1) is 5.02 Å². The van der Waals surface area contributed by atoms with Gasteiger partial charge in [0, 0.05) is 6.54 Å². The fraction of sp³-hybridized carbons (Fsp3) is 0.357. The van der Waals surface area contributed by atoms with Crippen LogP contribution in [-0.4, -0.2) is 18.6 Å². The first-order chi connectivity index (χ1) is 8.65. The molecule has 0 saturated heterocycles. The first kappa shape index (κ1) is 14.6. The molecule has 1 unspecified atom stereocenters. The molecule has 0 saturated carbocycles. The van der Waals surface area contributed by atoms with Gasteiger partial charge in [-0.25, -0.2) is 0 Å². The first-order valence-electron chi connectivity index (χ1n) is 5.95. The summed E-state index contributed by atoms with van der Waals surface area (Å²) in [6.07, 6.45) is 4.21. The molecule has 3 nitrogen and oxygen atoms in total. The second kappa shape index (κ2) is 7.77. The van der Waals surface area contributed by atoms with Crippen LogP contribution in [0.1, 0.15) is 20.3 Å². The van der Waals surface area contributed by atoms with Crippen molar-refractivity contribution in [1.29, 1.82) is 0 Å². The number of hydrogen-bond donors (Lipinski definition) is 1. The summed E-state index contributed by atoms with van der Waals surface area (Å²) < 4.78 is 5.50. The van der Waals surface area contributed by atoms with Gasteiger partial charge in [-0.05, 0) is 32.4 Å². The smallest absolute Gasteiger partial charge is 0.260 e. The molecule has 1 N–H and O–H groups in total. The zero-order valence-electron chi connectivity index (χ0n) is 10.7. The minimum absolute atomic E-state index is 0.139. The predicted octanol–water partition coefficient (Wildman–Crippen LogP) is 3.19. The monoisotopic (exact) mass is 267 g/mol. The molecule has 1 amide bonds. The van der Waals surface area contributed by atoms with Crippen LogP contribution in [-0.2, 0) is 4.79 Å². The van der Waals surface area contributed by atoms with Crippen molar-refractivity contribution in [3.8, 4) is 5.75 Å². The molecule has 98 valence electrons. The Morgan fingerprint density at radius 2 is 2.22 bits per heavy atom. The highest BCUT2D eigenvalue weighted by molar-refractivity contribution is 6.32. The van der Waals surface area contributed by atoms with Gasteiger partial charge in [0.2, 0.25) is 0 Å². The number of amides is 1. The Balaban J connectivity index is 2.42. The van der Waals surface area contributed by atoms with Crippen molar-refractivity contribution in [1.82, 2.24) is 5.32 Å². The van der Waals surface area contributed by atoms with Crippen molar-refractivity contribution in [3.63, 3.8) is 0 Å². The van der Waals surface area contributed by atoms with E-state index in [1.807, 2.05) is 31.2 Å². The summed E-state index contributed by atoms with van der Waals surface area (Å²) in [5, 5.41) is 3.30. The molecule has 1 rings (SSSR count). The van der Waals surface area contributed by atoms with E-state index in [0.717, 1.165) is 6.42 Å². The third-order valence-electron chi connectivity index (χ3n) is 2.36. The van der Waals surface area contributed by atoms with Crippen molar-refractivity contribution in [2.75, 3.05) is 6.54 Å². The van der Waals surface area contributed by atoms with Gasteiger partial charge in [0.1, 0.15) is 5.75 Å². The van der Waals surface area contributed by atoms with Crippen LogP contribution >= 0.6 is 11.6 Å². The van der Waals surface area contributed by atoms with Crippen molar-refractivity contribution < 1.29 is 9.53 Å². The Hall–Kier alpha value is -1.48. The number of rotatable bonds is 6. The highest BCUT2D eigenvalue weighted by Gasteiger charge is 2.14. The zero-order chi connectivity index (χ0) is 13.4. The van der Waals surface area contributed by atoms with E-state index in [-0.39, 0.29) is 5.91 Å². The van der Waals surface area contributed by atoms with Gasteiger partial charge in [-0.1, -0.05) is 35.9 Å². The molecule has 1 aromatic rings. The maximum atomic E-state index is 11.7. The van der Waals surface area contributed by atoms with Crippen LogP contribution in [0.2, 0.25) is 5.02 Å². The molecule has 1 atom stereocenters. The van der Waals surface area contributed by atoms with Crippen LogP contribution in [0.4, 0.5) is 0 Å². The Morgan fingerprint density at radius 1 is 1.50 bits per heavy atom. The average Bonchev–Trinajstić information content (AvgIpc) is 2.37. The fourth-order valence-electron chi connectivity index (χ4n) is 1.37. The molecular weight excluding hydrogens is 250 g/mol. The third-order valence-corrected chi connectivity index (χ3v) is 2.67. The van der Waals surface area contributed by atoms with Crippen LogP contribution in [0.5, 0.6) is 5.75 Å². The minimum atomic E-state index is -0.560. The summed E-state index contributed by atoms with van der Waals surface area (Å²) in [6.45, 7) is 4.26. The molecule has 18 heavy (non-hydrogen) atoms. The maximum Gasteiger partial charge on any atom is 0.260 e. The van der Waals surface area contributed by atoms with Crippen molar-refractivity contribution in [3.05, 3.63) is 41.4 Å². The third kappa shape index (κ3) is 4.80. The molecule has 1 aromatic carbocycles. The summed E-state index contributed by atoms with van der Waals surface area (Å²) >= 11 is 5.95. The Kier molecular flexibility index (Phi) is 6.29. The molecule has 0 aromatic heterocycles. The molecule has 0 heterocycles. The molecule has 0 spiro atoms. The van der Waals surface area contributed by atoms with Crippen LogP contribution in [0, 0.1) is 0 Å². The minimum Gasteiger partial charge on any atom is -0.479 e. The average molecular weight is 268 g/mol. The summed E-state index contributed by atoms with van der Waals surface area (Å²) in [7, 11) is 0. The molecule has 0 aliphatic rings. The van der Waals surface area contributed by atoms with Crippen molar-refractivity contribution in [2.24, 2.45) is 0 Å². The van der Waals surface area contributed by atoms with Crippen molar-refractivity contribution >= 4 is 17.5 Å². The van der Waals surface area contributed by atoms with Gasteiger partial charge in [0.15, 0.2) is 6.10 Å². The molecule has 0 fully saturated rings. The van der Waals surface area contributed by atoms with Gasteiger partial charge in [-0.15, -0.1) is 0 Å². The normalized spacial score (nSPS) is 12.4. The Morgan fingerprint density at radius 3 is 2.89 bits per heavy atom. The van der Waals surface area contributed by atoms with Gasteiger partial charge in [-0.3, -0.25) is 4.79 Å². The summed E-state index contributed by atoms with van der Waals surface area (Å²) in [5.41, 5.74) is 0. The number of ether oxygens (including phenoxy) is 1. The lowest BCUT2D eigenvalue weighted by Gasteiger charge is -2.15. The largest absolute Gasteiger partial charge is 0.479 e. The second-order valence-electron chi connectivity index (χ2n) is 3.84. The number of carbonyl (C=O) groups is 1. The Bertz CT molecular complexity index is 418. The summed E-state index contributed by atoms with van der Waals surface area (Å²) in [6, 6.07) is 7.11. The van der Waals surface area contributed by atoms with Gasteiger partial charge < -0.3 is 10.1 Å². The van der Waals surface area contributed by atoms with E-state index in [2.05, 4.69) is 5.32 Å². The SMILES string of the molecule is C/C=C/CCNC(=O)C(C)Oc1ccccc1Cl. The van der Waals surface area contributed by atoms with Crippen LogP contribution < -0.4 is 10.1 Å². The van der Waals surface area contributed by atoms with E-state index in [9.17, 15) is 4.79 Å². The lowest BCUT2D eigenvalue weighted by atomic mass is 10.3. The van der Waals surface area contributed by atoms with Gasteiger partial charge in [-0.2, -0.15) is 0 Å². The predicted molar refractivity (Wildman–Crippen MR) is 74.0 cm³/mol.